The van der Waals surface area contributed by atoms with Gasteiger partial charge in [-0.2, -0.15) is 5.10 Å². The number of rotatable bonds is 3. The molecule has 2 saturated heterocycles. The summed E-state index contributed by atoms with van der Waals surface area (Å²) in [4.78, 5) is 38.4. The maximum atomic E-state index is 12.6. The fraction of sp³-hybridized carbons (Fsp3) is 0.375. The van der Waals surface area contributed by atoms with Crippen LogP contribution in [0.3, 0.4) is 0 Å². The third-order valence-electron chi connectivity index (χ3n) is 4.52. The van der Waals surface area contributed by atoms with Gasteiger partial charge in [-0.05, 0) is 18.2 Å². The molecule has 2 fully saturated rings. The molecule has 25 heavy (non-hydrogen) atoms. The zero-order chi connectivity index (χ0) is 17.7. The molecule has 2 aliphatic rings. The lowest BCUT2D eigenvalue weighted by atomic mass is 10.0. The van der Waals surface area contributed by atoms with Crippen molar-refractivity contribution in [2.24, 2.45) is 7.05 Å². The molecule has 0 bridgehead atoms. The monoisotopic (exact) mass is 344 g/mol. The third-order valence-corrected chi connectivity index (χ3v) is 4.52. The predicted molar refractivity (Wildman–Crippen MR) is 85.2 cm³/mol. The molecule has 1 aromatic heterocycles. The number of aryl methyl sites for hydroxylation is 1. The van der Waals surface area contributed by atoms with E-state index in [2.05, 4.69) is 5.10 Å². The highest BCUT2D eigenvalue weighted by Gasteiger charge is 2.44. The van der Waals surface area contributed by atoms with Crippen LogP contribution in [0.25, 0.3) is 10.9 Å². The van der Waals surface area contributed by atoms with Crippen LogP contribution in [0.1, 0.15) is 10.4 Å². The number of fused-ring (bicyclic) bond motifs is 1. The van der Waals surface area contributed by atoms with Gasteiger partial charge in [-0.25, -0.2) is 14.4 Å². The Bertz CT molecular complexity index is 883. The van der Waals surface area contributed by atoms with E-state index in [1.807, 2.05) is 0 Å². The van der Waals surface area contributed by atoms with E-state index in [0.717, 1.165) is 10.3 Å². The fourth-order valence-corrected chi connectivity index (χ4v) is 3.24. The number of ether oxygens (including phenoxy) is 2. The number of carbonyl (C=O) groups is 3. The molecule has 2 aromatic rings. The highest BCUT2D eigenvalue weighted by Crippen LogP contribution is 2.27. The van der Waals surface area contributed by atoms with E-state index >= 15 is 0 Å². The number of amides is 3. The standard InChI is InChI=1S/C16H16N4O5/c1-18-15(24-2)11-4-3-9(5-12(11)17-18)14(22)19-6-10(7-19)20-13(21)8-25-16(20)23/h3-5,10H,6-8H2,1-2H3. The number of imide groups is 1. The zero-order valence-corrected chi connectivity index (χ0v) is 13.8. The highest BCUT2D eigenvalue weighted by molar-refractivity contribution is 6.01. The number of aromatic nitrogens is 2. The molecule has 0 N–H and O–H groups in total. The van der Waals surface area contributed by atoms with Crippen LogP contribution in [0.4, 0.5) is 4.79 Å². The number of hydrogen-bond acceptors (Lipinski definition) is 6. The smallest absolute Gasteiger partial charge is 0.417 e. The number of carbonyl (C=O) groups excluding carboxylic acids is 3. The summed E-state index contributed by atoms with van der Waals surface area (Å²) in [5.41, 5.74) is 1.17. The maximum absolute atomic E-state index is 12.6. The Labute approximate surface area is 142 Å². The number of nitrogens with zero attached hydrogens (tertiary/aromatic N) is 4. The van der Waals surface area contributed by atoms with Crippen LogP contribution in [-0.2, 0) is 16.6 Å². The minimum atomic E-state index is -0.635. The van der Waals surface area contributed by atoms with Gasteiger partial charge in [-0.1, -0.05) is 0 Å². The molecule has 0 radical (unpaired) electrons. The Morgan fingerprint density at radius 3 is 2.72 bits per heavy atom. The third kappa shape index (κ3) is 2.31. The molecule has 0 spiro atoms. The largest absolute Gasteiger partial charge is 0.481 e. The Morgan fingerprint density at radius 2 is 2.08 bits per heavy atom. The van der Waals surface area contributed by atoms with Crippen LogP contribution in [0.2, 0.25) is 0 Å². The second-order valence-electron chi connectivity index (χ2n) is 6.05. The summed E-state index contributed by atoms with van der Waals surface area (Å²) >= 11 is 0. The molecule has 1 aromatic carbocycles. The molecule has 3 amide bonds. The van der Waals surface area contributed by atoms with Crippen molar-refractivity contribution in [3.8, 4) is 5.88 Å². The van der Waals surface area contributed by atoms with Gasteiger partial charge in [-0.3, -0.25) is 9.59 Å². The second kappa shape index (κ2) is 5.47. The van der Waals surface area contributed by atoms with Crippen LogP contribution in [-0.4, -0.2) is 70.3 Å². The zero-order valence-electron chi connectivity index (χ0n) is 13.8. The SMILES string of the molecule is COc1c2ccc(C(=O)N3CC(N4C(=O)COC4=O)C3)cc2nn1C. The van der Waals surface area contributed by atoms with Gasteiger partial charge in [0.05, 0.1) is 24.1 Å². The molecular weight excluding hydrogens is 328 g/mol. The lowest BCUT2D eigenvalue weighted by Gasteiger charge is -2.41. The van der Waals surface area contributed by atoms with Gasteiger partial charge >= 0.3 is 6.09 Å². The average Bonchev–Trinajstić information content (AvgIpc) is 3.04. The number of benzene rings is 1. The minimum absolute atomic E-state index is 0.164. The van der Waals surface area contributed by atoms with Crippen LogP contribution < -0.4 is 4.74 Å². The van der Waals surface area contributed by atoms with Gasteiger partial charge in [-0.15, -0.1) is 0 Å². The lowest BCUT2D eigenvalue weighted by molar-refractivity contribution is -0.129. The van der Waals surface area contributed by atoms with E-state index in [9.17, 15) is 14.4 Å². The van der Waals surface area contributed by atoms with Crippen molar-refractivity contribution in [1.29, 1.82) is 0 Å². The van der Waals surface area contributed by atoms with Crippen molar-refractivity contribution >= 4 is 28.8 Å². The van der Waals surface area contributed by atoms with Crippen molar-refractivity contribution in [1.82, 2.24) is 19.6 Å². The molecule has 9 nitrogen and oxygen atoms in total. The second-order valence-corrected chi connectivity index (χ2v) is 6.05. The van der Waals surface area contributed by atoms with Gasteiger partial charge in [0.2, 0.25) is 5.88 Å². The first-order chi connectivity index (χ1) is 12.0. The summed E-state index contributed by atoms with van der Waals surface area (Å²) in [6.45, 7) is 0.397. The lowest BCUT2D eigenvalue weighted by Crippen LogP contribution is -2.62. The summed E-state index contributed by atoms with van der Waals surface area (Å²) < 4.78 is 11.6. The minimum Gasteiger partial charge on any atom is -0.481 e. The van der Waals surface area contributed by atoms with Crippen LogP contribution in [0.5, 0.6) is 5.88 Å². The van der Waals surface area contributed by atoms with E-state index in [0.29, 0.717) is 30.0 Å². The summed E-state index contributed by atoms with van der Waals surface area (Å²) in [5.74, 6) is 0.107. The van der Waals surface area contributed by atoms with Crippen LogP contribution >= 0.6 is 0 Å². The quantitative estimate of drug-likeness (QED) is 0.799. The molecular formula is C16H16N4O5. The van der Waals surface area contributed by atoms with Crippen molar-refractivity contribution in [3.63, 3.8) is 0 Å². The van der Waals surface area contributed by atoms with E-state index in [1.165, 1.54) is 0 Å². The van der Waals surface area contributed by atoms with E-state index < -0.39 is 6.09 Å². The van der Waals surface area contributed by atoms with Crippen LogP contribution in [0, 0.1) is 0 Å². The van der Waals surface area contributed by atoms with E-state index in [4.69, 9.17) is 9.47 Å². The van der Waals surface area contributed by atoms with Gasteiger partial charge in [0.25, 0.3) is 11.8 Å². The average molecular weight is 344 g/mol. The topological polar surface area (TPSA) is 94.0 Å². The van der Waals surface area contributed by atoms with E-state index in [1.54, 1.807) is 41.9 Å². The van der Waals surface area contributed by atoms with Gasteiger partial charge in [0, 0.05) is 25.7 Å². The van der Waals surface area contributed by atoms with E-state index in [-0.39, 0.29) is 24.5 Å². The summed E-state index contributed by atoms with van der Waals surface area (Å²) in [7, 11) is 3.34. The number of methoxy groups -OCH3 is 1. The van der Waals surface area contributed by atoms with Crippen molar-refractivity contribution in [3.05, 3.63) is 23.8 Å². The summed E-state index contributed by atoms with van der Waals surface area (Å²) in [5, 5.41) is 5.16. The van der Waals surface area contributed by atoms with Crippen LogP contribution in [0.15, 0.2) is 18.2 Å². The number of cyclic esters (lactones) is 1. The first kappa shape index (κ1) is 15.4. The van der Waals surface area contributed by atoms with Gasteiger partial charge in [0.1, 0.15) is 0 Å². The first-order valence-electron chi connectivity index (χ1n) is 7.78. The summed E-state index contributed by atoms with van der Waals surface area (Å²) in [6, 6.07) is 4.91. The van der Waals surface area contributed by atoms with Crippen molar-refractivity contribution in [2.75, 3.05) is 26.8 Å². The van der Waals surface area contributed by atoms with Gasteiger partial charge < -0.3 is 14.4 Å². The molecule has 4 rings (SSSR count). The molecule has 0 unspecified atom stereocenters. The normalized spacial score (nSPS) is 17.8. The van der Waals surface area contributed by atoms with Crippen molar-refractivity contribution < 1.29 is 23.9 Å². The predicted octanol–water partition coefficient (Wildman–Crippen LogP) is 0.385. The fourth-order valence-electron chi connectivity index (χ4n) is 3.24. The first-order valence-corrected chi connectivity index (χ1v) is 7.78. The van der Waals surface area contributed by atoms with Gasteiger partial charge in [0.15, 0.2) is 6.61 Å². The molecule has 0 saturated carbocycles. The Balaban J connectivity index is 1.50. The molecule has 2 aliphatic heterocycles. The summed E-state index contributed by atoms with van der Waals surface area (Å²) in [6.07, 6.45) is -0.635. The van der Waals surface area contributed by atoms with Crippen molar-refractivity contribution in [2.45, 2.75) is 6.04 Å². The molecule has 0 aliphatic carbocycles. The molecule has 130 valence electrons. The number of hydrogen-bond donors (Lipinski definition) is 0. The molecule has 3 heterocycles. The highest BCUT2D eigenvalue weighted by atomic mass is 16.6. The Morgan fingerprint density at radius 1 is 1.32 bits per heavy atom. The maximum Gasteiger partial charge on any atom is 0.417 e. The number of likely N-dealkylation sites (tertiary alicyclic amines) is 1. The Hall–Kier alpha value is -3.10. The molecule has 9 heteroatoms. The molecule has 0 atom stereocenters. The Kier molecular flexibility index (Phi) is 3.38.